The summed E-state index contributed by atoms with van der Waals surface area (Å²) in [7, 11) is 0. The van der Waals surface area contributed by atoms with E-state index in [1.807, 2.05) is 54.6 Å². The molecule has 0 radical (unpaired) electrons. The Balaban J connectivity index is 1.30. The molecule has 0 aliphatic carbocycles. The zero-order valence-electron chi connectivity index (χ0n) is 16.8. The fraction of sp³-hybridized carbons (Fsp3) is 0.240. The molecule has 0 saturated carbocycles. The number of esters is 1. The Morgan fingerprint density at radius 2 is 1.47 bits per heavy atom. The van der Waals surface area contributed by atoms with Gasteiger partial charge in [0.1, 0.15) is 0 Å². The highest BCUT2D eigenvalue weighted by atomic mass is 16.5. The van der Waals surface area contributed by atoms with Crippen LogP contribution in [0.15, 0.2) is 72.8 Å². The fourth-order valence-corrected chi connectivity index (χ4v) is 3.13. The largest absolute Gasteiger partial charge is 0.457 e. The molecule has 1 N–H and O–H groups in total. The second-order valence-corrected chi connectivity index (χ2v) is 7.08. The number of ketones is 1. The summed E-state index contributed by atoms with van der Waals surface area (Å²) in [5.41, 5.74) is 1.17. The van der Waals surface area contributed by atoms with Gasteiger partial charge in [-0.15, -0.1) is 0 Å². The summed E-state index contributed by atoms with van der Waals surface area (Å²) in [6, 6.07) is 22.3. The first-order valence-electron chi connectivity index (χ1n) is 10.1. The normalized spacial score (nSPS) is 10.5. The van der Waals surface area contributed by atoms with Gasteiger partial charge in [0.05, 0.1) is 0 Å². The standard InChI is InChI=1S/C25H25NO4/c27-23(22-15-14-19-9-6-7-12-21(19)17-22)18-30-24(28)13-5-2-8-16-26-25(29)20-10-3-1-4-11-20/h1,3-4,6-7,9-12,14-15,17H,2,5,8,13,16,18H2,(H,26,29). The van der Waals surface area contributed by atoms with Gasteiger partial charge in [0.25, 0.3) is 5.91 Å². The van der Waals surface area contributed by atoms with E-state index in [1.165, 1.54) is 0 Å². The van der Waals surface area contributed by atoms with Crippen molar-refractivity contribution in [3.63, 3.8) is 0 Å². The molecule has 0 aliphatic rings. The van der Waals surface area contributed by atoms with E-state index < -0.39 is 0 Å². The number of carbonyl (C=O) groups excluding carboxylic acids is 3. The van der Waals surface area contributed by atoms with Crippen LogP contribution in [0, 0.1) is 0 Å². The predicted molar refractivity (Wildman–Crippen MR) is 116 cm³/mol. The maximum Gasteiger partial charge on any atom is 0.306 e. The minimum Gasteiger partial charge on any atom is -0.457 e. The number of hydrogen-bond donors (Lipinski definition) is 1. The van der Waals surface area contributed by atoms with E-state index in [9.17, 15) is 14.4 Å². The van der Waals surface area contributed by atoms with Crippen molar-refractivity contribution in [2.24, 2.45) is 0 Å². The van der Waals surface area contributed by atoms with Crippen molar-refractivity contribution >= 4 is 28.4 Å². The predicted octanol–water partition coefficient (Wildman–Crippen LogP) is 4.56. The van der Waals surface area contributed by atoms with E-state index in [4.69, 9.17) is 4.74 Å². The van der Waals surface area contributed by atoms with Crippen LogP contribution in [0.1, 0.15) is 46.4 Å². The molecule has 3 rings (SSSR count). The van der Waals surface area contributed by atoms with Crippen molar-refractivity contribution in [3.05, 3.63) is 83.9 Å². The average Bonchev–Trinajstić information content (AvgIpc) is 2.79. The van der Waals surface area contributed by atoms with Gasteiger partial charge >= 0.3 is 5.97 Å². The number of Topliss-reactive ketones (excluding diaryl/α,β-unsaturated/α-hetero) is 1. The van der Waals surface area contributed by atoms with Gasteiger partial charge < -0.3 is 10.1 Å². The number of carbonyl (C=O) groups is 3. The highest BCUT2D eigenvalue weighted by molar-refractivity contribution is 6.01. The molecule has 0 aromatic heterocycles. The number of benzene rings is 3. The minimum atomic E-state index is -0.377. The first-order valence-corrected chi connectivity index (χ1v) is 10.1. The van der Waals surface area contributed by atoms with Crippen LogP contribution in [-0.2, 0) is 9.53 Å². The number of amides is 1. The second-order valence-electron chi connectivity index (χ2n) is 7.08. The summed E-state index contributed by atoms with van der Waals surface area (Å²) in [5.74, 6) is -0.683. The molecule has 3 aromatic carbocycles. The number of hydrogen-bond acceptors (Lipinski definition) is 4. The van der Waals surface area contributed by atoms with Gasteiger partial charge in [0, 0.05) is 24.1 Å². The Morgan fingerprint density at radius 3 is 2.27 bits per heavy atom. The lowest BCUT2D eigenvalue weighted by Gasteiger charge is -2.06. The number of ether oxygens (including phenoxy) is 1. The molecule has 0 saturated heterocycles. The molecule has 5 heteroatoms. The zero-order valence-corrected chi connectivity index (χ0v) is 16.8. The number of fused-ring (bicyclic) bond motifs is 1. The third-order valence-corrected chi connectivity index (χ3v) is 4.81. The molecule has 5 nitrogen and oxygen atoms in total. The smallest absolute Gasteiger partial charge is 0.306 e. The molecule has 0 atom stereocenters. The van der Waals surface area contributed by atoms with Gasteiger partial charge in [-0.2, -0.15) is 0 Å². The van der Waals surface area contributed by atoms with Gasteiger partial charge in [-0.3, -0.25) is 14.4 Å². The zero-order chi connectivity index (χ0) is 21.2. The highest BCUT2D eigenvalue weighted by Crippen LogP contribution is 2.16. The third-order valence-electron chi connectivity index (χ3n) is 4.81. The number of unbranched alkanes of at least 4 members (excludes halogenated alkanes) is 2. The van der Waals surface area contributed by atoms with Crippen molar-refractivity contribution in [1.29, 1.82) is 0 Å². The van der Waals surface area contributed by atoms with Crippen LogP contribution in [0.2, 0.25) is 0 Å². The Labute approximate surface area is 176 Å². The molecule has 30 heavy (non-hydrogen) atoms. The van der Waals surface area contributed by atoms with Crippen LogP contribution in [0.3, 0.4) is 0 Å². The molecular weight excluding hydrogens is 378 g/mol. The summed E-state index contributed by atoms with van der Waals surface area (Å²) in [6.07, 6.45) is 2.49. The van der Waals surface area contributed by atoms with E-state index in [2.05, 4.69) is 5.32 Å². The Bertz CT molecular complexity index is 1010. The average molecular weight is 403 g/mol. The van der Waals surface area contributed by atoms with E-state index in [1.54, 1.807) is 18.2 Å². The van der Waals surface area contributed by atoms with Crippen molar-refractivity contribution in [3.8, 4) is 0 Å². The summed E-state index contributed by atoms with van der Waals surface area (Å²) < 4.78 is 5.11. The molecule has 0 unspecified atom stereocenters. The van der Waals surface area contributed by atoms with E-state index in [0.29, 0.717) is 24.1 Å². The monoisotopic (exact) mass is 403 g/mol. The van der Waals surface area contributed by atoms with Gasteiger partial charge in [-0.25, -0.2) is 0 Å². The van der Waals surface area contributed by atoms with Crippen molar-refractivity contribution in [2.75, 3.05) is 13.2 Å². The van der Waals surface area contributed by atoms with Gasteiger partial charge in [0.2, 0.25) is 0 Å². The maximum atomic E-state index is 12.3. The van der Waals surface area contributed by atoms with E-state index in [-0.39, 0.29) is 30.7 Å². The van der Waals surface area contributed by atoms with Crippen LogP contribution in [-0.4, -0.2) is 30.8 Å². The maximum absolute atomic E-state index is 12.3. The van der Waals surface area contributed by atoms with Crippen LogP contribution in [0.25, 0.3) is 10.8 Å². The number of rotatable bonds is 10. The SMILES string of the molecule is O=C(CCCCCNC(=O)c1ccccc1)OCC(=O)c1ccc2ccccc2c1. The van der Waals surface area contributed by atoms with Crippen LogP contribution >= 0.6 is 0 Å². The lowest BCUT2D eigenvalue weighted by Crippen LogP contribution is -2.24. The topological polar surface area (TPSA) is 72.5 Å². The molecule has 154 valence electrons. The van der Waals surface area contributed by atoms with Crippen molar-refractivity contribution in [1.82, 2.24) is 5.32 Å². The molecule has 3 aromatic rings. The first-order chi connectivity index (χ1) is 14.6. The minimum absolute atomic E-state index is 0.0952. The highest BCUT2D eigenvalue weighted by Gasteiger charge is 2.10. The Hall–Kier alpha value is -3.47. The summed E-state index contributed by atoms with van der Waals surface area (Å²) >= 11 is 0. The van der Waals surface area contributed by atoms with E-state index >= 15 is 0 Å². The quantitative estimate of drug-likeness (QED) is 0.306. The lowest BCUT2D eigenvalue weighted by atomic mass is 10.0. The molecule has 0 heterocycles. The van der Waals surface area contributed by atoms with Gasteiger partial charge in [0.15, 0.2) is 12.4 Å². The fourth-order valence-electron chi connectivity index (χ4n) is 3.13. The summed E-state index contributed by atoms with van der Waals surface area (Å²) in [6.45, 7) is 0.313. The third kappa shape index (κ3) is 6.27. The van der Waals surface area contributed by atoms with Crippen LogP contribution < -0.4 is 5.32 Å². The molecule has 0 fully saturated rings. The number of nitrogens with one attached hydrogen (secondary N) is 1. The summed E-state index contributed by atoms with van der Waals surface area (Å²) in [4.78, 5) is 36.1. The Kier molecular flexibility index (Phi) is 7.72. The van der Waals surface area contributed by atoms with Gasteiger partial charge in [-0.05, 0) is 41.8 Å². The van der Waals surface area contributed by atoms with Gasteiger partial charge in [-0.1, -0.05) is 61.0 Å². The lowest BCUT2D eigenvalue weighted by molar-refractivity contribution is -0.142. The first kappa shape index (κ1) is 21.2. The Morgan fingerprint density at radius 1 is 0.733 bits per heavy atom. The van der Waals surface area contributed by atoms with Crippen molar-refractivity contribution in [2.45, 2.75) is 25.7 Å². The van der Waals surface area contributed by atoms with Crippen LogP contribution in [0.4, 0.5) is 0 Å². The van der Waals surface area contributed by atoms with Crippen molar-refractivity contribution < 1.29 is 19.1 Å². The van der Waals surface area contributed by atoms with E-state index in [0.717, 1.165) is 23.6 Å². The molecule has 0 spiro atoms. The second kappa shape index (κ2) is 10.9. The molecular formula is C25H25NO4. The molecule has 1 amide bonds. The summed E-state index contributed by atoms with van der Waals surface area (Å²) in [5, 5.41) is 4.90. The molecule has 0 bridgehead atoms. The molecule has 0 aliphatic heterocycles. The van der Waals surface area contributed by atoms with Crippen LogP contribution in [0.5, 0.6) is 0 Å².